The van der Waals surface area contributed by atoms with Crippen LogP contribution in [0.25, 0.3) is 0 Å². The third-order valence-corrected chi connectivity index (χ3v) is 6.88. The number of hydrogen-bond acceptors (Lipinski definition) is 5. The normalized spacial score (nSPS) is 18.0. The lowest BCUT2D eigenvalue weighted by atomic mass is 9.75. The van der Waals surface area contributed by atoms with Gasteiger partial charge in [-0.3, -0.25) is 19.3 Å². The number of thiophene rings is 1. The number of benzene rings is 2. The van der Waals surface area contributed by atoms with E-state index in [0.29, 0.717) is 12.1 Å². The first kappa shape index (κ1) is 22.9. The molecule has 2 aromatic carbocycles. The maximum absolute atomic E-state index is 13.7. The Morgan fingerprint density at radius 2 is 1.70 bits per heavy atom. The largest absolute Gasteiger partial charge is 0.395 e. The van der Waals surface area contributed by atoms with E-state index in [2.05, 4.69) is 0 Å². The molecule has 0 bridgehead atoms. The predicted molar refractivity (Wildman–Crippen MR) is 126 cm³/mol. The molecule has 2 heterocycles. The summed E-state index contributed by atoms with van der Waals surface area (Å²) in [5.41, 5.74) is 0.340. The van der Waals surface area contributed by atoms with Gasteiger partial charge >= 0.3 is 0 Å². The van der Waals surface area contributed by atoms with Crippen molar-refractivity contribution in [1.82, 2.24) is 9.80 Å². The molecule has 7 heteroatoms. The molecule has 0 radical (unpaired) electrons. The topological polar surface area (TPSA) is 77.9 Å². The van der Waals surface area contributed by atoms with Gasteiger partial charge < -0.3 is 10.0 Å². The summed E-state index contributed by atoms with van der Waals surface area (Å²) in [6.07, 6.45) is -0.180. The summed E-state index contributed by atoms with van der Waals surface area (Å²) in [6, 6.07) is 22.4. The van der Waals surface area contributed by atoms with Crippen molar-refractivity contribution in [3.63, 3.8) is 0 Å². The Labute approximate surface area is 197 Å². The Hall–Kier alpha value is -3.29. The molecule has 1 unspecified atom stereocenters. The zero-order valence-electron chi connectivity index (χ0n) is 18.2. The van der Waals surface area contributed by atoms with Gasteiger partial charge in [-0.1, -0.05) is 66.7 Å². The molecular formula is C26H26N2O4S. The van der Waals surface area contributed by atoms with Gasteiger partial charge in [-0.25, -0.2) is 0 Å². The second-order valence-electron chi connectivity index (χ2n) is 8.19. The minimum absolute atomic E-state index is 0.0503. The average molecular weight is 463 g/mol. The molecule has 0 saturated carbocycles. The maximum atomic E-state index is 13.7. The van der Waals surface area contributed by atoms with Crippen molar-refractivity contribution in [2.45, 2.75) is 31.3 Å². The third-order valence-electron chi connectivity index (χ3n) is 6.02. The van der Waals surface area contributed by atoms with Crippen molar-refractivity contribution < 1.29 is 19.5 Å². The lowest BCUT2D eigenvalue weighted by molar-refractivity contribution is -0.143. The van der Waals surface area contributed by atoms with E-state index in [1.807, 2.05) is 66.0 Å². The van der Waals surface area contributed by atoms with Crippen LogP contribution < -0.4 is 0 Å². The summed E-state index contributed by atoms with van der Waals surface area (Å²) < 4.78 is 0. The first-order chi connectivity index (χ1) is 16.0. The van der Waals surface area contributed by atoms with Crippen molar-refractivity contribution in [1.29, 1.82) is 0 Å². The maximum Gasteiger partial charge on any atom is 0.241 e. The molecule has 1 aromatic heterocycles. The van der Waals surface area contributed by atoms with Crippen molar-refractivity contribution in [3.8, 4) is 0 Å². The van der Waals surface area contributed by atoms with Crippen LogP contribution in [0.15, 0.2) is 78.2 Å². The van der Waals surface area contributed by atoms with Gasteiger partial charge in [0.1, 0.15) is 0 Å². The number of imide groups is 1. The fraction of sp³-hybridized carbons (Fsp3) is 0.269. The monoisotopic (exact) mass is 462 g/mol. The third kappa shape index (κ3) is 4.89. The Morgan fingerprint density at radius 3 is 2.33 bits per heavy atom. The van der Waals surface area contributed by atoms with E-state index in [4.69, 9.17) is 0 Å². The molecule has 1 fully saturated rings. The second-order valence-corrected chi connectivity index (χ2v) is 9.22. The molecule has 1 aliphatic heterocycles. The number of hydrogen-bond donors (Lipinski definition) is 1. The number of carbonyl (C=O) groups is 3. The van der Waals surface area contributed by atoms with E-state index in [0.717, 1.165) is 10.4 Å². The zero-order chi connectivity index (χ0) is 23.3. The summed E-state index contributed by atoms with van der Waals surface area (Å²) in [6.45, 7) is 0.503. The molecule has 0 aliphatic carbocycles. The highest BCUT2D eigenvalue weighted by molar-refractivity contribution is 7.09. The van der Waals surface area contributed by atoms with E-state index in [9.17, 15) is 19.5 Å². The lowest BCUT2D eigenvalue weighted by Crippen LogP contribution is -2.43. The highest BCUT2D eigenvalue weighted by atomic mass is 32.1. The highest BCUT2D eigenvalue weighted by Crippen LogP contribution is 2.41. The molecule has 3 aromatic rings. The average Bonchev–Trinajstić information content (AvgIpc) is 3.43. The first-order valence-corrected chi connectivity index (χ1v) is 11.8. The Balaban J connectivity index is 1.64. The van der Waals surface area contributed by atoms with Crippen molar-refractivity contribution in [2.75, 3.05) is 13.2 Å². The van der Waals surface area contributed by atoms with Gasteiger partial charge in [0.2, 0.25) is 17.7 Å². The second kappa shape index (κ2) is 10.1. The predicted octanol–water partition coefficient (Wildman–Crippen LogP) is 3.36. The van der Waals surface area contributed by atoms with E-state index >= 15 is 0 Å². The lowest BCUT2D eigenvalue weighted by Gasteiger charge is -2.30. The van der Waals surface area contributed by atoms with Crippen molar-refractivity contribution >= 4 is 29.1 Å². The number of nitrogens with zero attached hydrogens (tertiary/aromatic N) is 2. The summed E-state index contributed by atoms with van der Waals surface area (Å²) in [4.78, 5) is 44.0. The van der Waals surface area contributed by atoms with Crippen molar-refractivity contribution in [3.05, 3.63) is 94.2 Å². The molecule has 1 N–H and O–H groups in total. The van der Waals surface area contributed by atoms with Gasteiger partial charge in [0.05, 0.1) is 18.6 Å². The molecule has 4 rings (SSSR count). The summed E-state index contributed by atoms with van der Waals surface area (Å²) in [7, 11) is 0. The minimum atomic E-state index is -1.25. The molecule has 0 spiro atoms. The molecule has 1 aliphatic rings. The van der Waals surface area contributed by atoms with Gasteiger partial charge in [-0.15, -0.1) is 11.3 Å². The molecule has 3 amide bonds. The number of carbonyl (C=O) groups excluding carboxylic acids is 3. The van der Waals surface area contributed by atoms with Crippen LogP contribution in [0.5, 0.6) is 0 Å². The number of aliphatic hydroxyl groups excluding tert-OH is 1. The number of aliphatic hydroxyl groups is 1. The zero-order valence-corrected chi connectivity index (χ0v) is 19.0. The molecule has 6 nitrogen and oxygen atoms in total. The summed E-state index contributed by atoms with van der Waals surface area (Å²) in [5.74, 6) is -0.887. The van der Waals surface area contributed by atoms with Crippen molar-refractivity contribution in [2.24, 2.45) is 0 Å². The van der Waals surface area contributed by atoms with Crippen LogP contribution in [-0.2, 0) is 32.9 Å². The Kier molecular flexibility index (Phi) is 7.01. The van der Waals surface area contributed by atoms with Crippen LogP contribution in [0, 0.1) is 0 Å². The van der Waals surface area contributed by atoms with Crippen LogP contribution in [0.4, 0.5) is 0 Å². The van der Waals surface area contributed by atoms with E-state index < -0.39 is 5.41 Å². The fourth-order valence-corrected chi connectivity index (χ4v) is 5.02. The molecule has 33 heavy (non-hydrogen) atoms. The van der Waals surface area contributed by atoms with Crippen LogP contribution in [-0.4, -0.2) is 45.8 Å². The molecule has 1 saturated heterocycles. The quantitative estimate of drug-likeness (QED) is 0.495. The van der Waals surface area contributed by atoms with Crippen LogP contribution >= 0.6 is 11.3 Å². The number of amides is 3. The van der Waals surface area contributed by atoms with Crippen LogP contribution in [0.2, 0.25) is 0 Å². The summed E-state index contributed by atoms with van der Waals surface area (Å²) in [5, 5.41) is 11.5. The van der Waals surface area contributed by atoms with Gasteiger partial charge in [0.15, 0.2) is 0 Å². The van der Waals surface area contributed by atoms with E-state index in [1.165, 1.54) is 16.2 Å². The van der Waals surface area contributed by atoms with Crippen LogP contribution in [0.3, 0.4) is 0 Å². The van der Waals surface area contributed by atoms with Gasteiger partial charge in [-0.2, -0.15) is 0 Å². The van der Waals surface area contributed by atoms with E-state index in [-0.39, 0.29) is 50.3 Å². The van der Waals surface area contributed by atoms with Gasteiger partial charge in [-0.05, 0) is 22.6 Å². The van der Waals surface area contributed by atoms with Gasteiger partial charge in [0.25, 0.3) is 0 Å². The molecule has 1 atom stereocenters. The van der Waals surface area contributed by atoms with E-state index in [1.54, 1.807) is 17.0 Å². The Morgan fingerprint density at radius 1 is 1.00 bits per heavy atom. The molecular weight excluding hydrogens is 436 g/mol. The first-order valence-electron chi connectivity index (χ1n) is 10.9. The number of likely N-dealkylation sites (tertiary alicyclic amines) is 1. The number of rotatable bonds is 9. The standard InChI is InChI=1S/C26H26N2O4S/c29-14-13-27(18-20-8-3-1-4-9-20)23(30)16-26(21-10-5-2-6-11-21)17-24(31)28(25(26)32)19-22-12-7-15-33-22/h1-12,15,29H,13-14,16-19H2. The summed E-state index contributed by atoms with van der Waals surface area (Å²) >= 11 is 1.49. The molecule has 170 valence electrons. The smallest absolute Gasteiger partial charge is 0.241 e. The van der Waals surface area contributed by atoms with Gasteiger partial charge in [0, 0.05) is 30.8 Å². The fourth-order valence-electron chi connectivity index (χ4n) is 4.33. The minimum Gasteiger partial charge on any atom is -0.395 e. The van der Waals surface area contributed by atoms with Crippen LogP contribution in [0.1, 0.15) is 28.8 Å². The Bertz CT molecular complexity index is 1100. The SMILES string of the molecule is O=C(CC1(c2ccccc2)CC(=O)N(Cc2cccs2)C1=O)N(CCO)Cc1ccccc1. The highest BCUT2D eigenvalue weighted by Gasteiger charge is 2.54.